The molecule has 0 aliphatic heterocycles. The molecule has 0 aromatic rings. The highest BCUT2D eigenvalue weighted by Gasteiger charge is 2.17. The van der Waals surface area contributed by atoms with Crippen molar-refractivity contribution in [2.45, 2.75) is 26.0 Å². The van der Waals surface area contributed by atoms with Gasteiger partial charge in [0.25, 0.3) is 0 Å². The van der Waals surface area contributed by atoms with Gasteiger partial charge >= 0.3 is 0 Å². The summed E-state index contributed by atoms with van der Waals surface area (Å²) >= 11 is 0. The van der Waals surface area contributed by atoms with Gasteiger partial charge in [-0.1, -0.05) is 6.08 Å². The first kappa shape index (κ1) is 10.3. The molecular weight excluding hydrogens is 142 g/mol. The number of carbonyl (C=O) groups is 1. The van der Waals surface area contributed by atoms with E-state index in [1.165, 1.54) is 6.92 Å². The van der Waals surface area contributed by atoms with Crippen molar-refractivity contribution in [3.63, 3.8) is 0 Å². The number of aliphatic hydroxyl groups excluding tert-OH is 1. The van der Waals surface area contributed by atoms with E-state index in [1.807, 2.05) is 0 Å². The molecule has 64 valence electrons. The van der Waals surface area contributed by atoms with Crippen LogP contribution in [0.2, 0.25) is 0 Å². The zero-order chi connectivity index (χ0) is 8.85. The third kappa shape index (κ3) is 3.91. The summed E-state index contributed by atoms with van der Waals surface area (Å²) in [5.74, 6) is -0.0538. The van der Waals surface area contributed by atoms with Gasteiger partial charge in [-0.15, -0.1) is 6.58 Å². The van der Waals surface area contributed by atoms with E-state index in [0.29, 0.717) is 6.54 Å². The summed E-state index contributed by atoms with van der Waals surface area (Å²) in [5.41, 5.74) is 0. The molecule has 0 bridgehead atoms. The second-order valence-electron chi connectivity index (χ2n) is 2.53. The van der Waals surface area contributed by atoms with E-state index in [-0.39, 0.29) is 5.78 Å². The number of Topliss-reactive ketones (excluding diaryl/α,β-unsaturated/α-hetero) is 1. The molecule has 11 heavy (non-hydrogen) atoms. The van der Waals surface area contributed by atoms with Crippen molar-refractivity contribution < 1.29 is 9.90 Å². The molecule has 0 heterocycles. The lowest BCUT2D eigenvalue weighted by Crippen LogP contribution is -2.43. The molecule has 0 saturated carbocycles. The number of hydrogen-bond acceptors (Lipinski definition) is 3. The van der Waals surface area contributed by atoms with E-state index in [4.69, 9.17) is 5.11 Å². The van der Waals surface area contributed by atoms with Gasteiger partial charge in [-0.2, -0.15) is 0 Å². The molecule has 0 rings (SSSR count). The van der Waals surface area contributed by atoms with Crippen molar-refractivity contribution in [1.29, 1.82) is 0 Å². The Kier molecular flexibility index (Phi) is 4.74. The van der Waals surface area contributed by atoms with Gasteiger partial charge < -0.3 is 10.4 Å². The minimum absolute atomic E-state index is 0.0538. The topological polar surface area (TPSA) is 49.3 Å². The maximum absolute atomic E-state index is 10.8. The Morgan fingerprint density at radius 1 is 1.82 bits per heavy atom. The van der Waals surface area contributed by atoms with Crippen LogP contribution in [0.15, 0.2) is 12.7 Å². The first-order valence-electron chi connectivity index (χ1n) is 3.62. The summed E-state index contributed by atoms with van der Waals surface area (Å²) < 4.78 is 0. The van der Waals surface area contributed by atoms with E-state index < -0.39 is 12.1 Å². The maximum Gasteiger partial charge on any atom is 0.149 e. The third-order valence-corrected chi connectivity index (χ3v) is 1.40. The minimum Gasteiger partial charge on any atom is -0.391 e. The van der Waals surface area contributed by atoms with Crippen LogP contribution in [0.5, 0.6) is 0 Å². The molecular formula is C8H15NO2. The number of rotatable bonds is 5. The molecule has 0 aromatic heterocycles. The standard InChI is InChI=1S/C8H15NO2/c1-4-5-9-8(6(2)10)7(3)11/h4,6,8-10H,1,5H2,2-3H3/t6-,8+/m1/s1. The number of nitrogens with one attached hydrogen (secondary N) is 1. The molecule has 0 saturated heterocycles. The first-order valence-corrected chi connectivity index (χ1v) is 3.62. The Morgan fingerprint density at radius 3 is 2.64 bits per heavy atom. The van der Waals surface area contributed by atoms with Crippen LogP contribution in [0.3, 0.4) is 0 Å². The number of ketones is 1. The monoisotopic (exact) mass is 157 g/mol. The molecule has 2 atom stereocenters. The van der Waals surface area contributed by atoms with Gasteiger partial charge in [0.05, 0.1) is 12.1 Å². The average Bonchev–Trinajstić information content (AvgIpc) is 1.87. The Balaban J connectivity index is 3.89. The Bertz CT molecular complexity index is 143. The highest BCUT2D eigenvalue weighted by Crippen LogP contribution is 1.93. The van der Waals surface area contributed by atoms with E-state index in [2.05, 4.69) is 11.9 Å². The molecule has 0 fully saturated rings. The molecule has 0 radical (unpaired) electrons. The number of hydrogen-bond donors (Lipinski definition) is 2. The lowest BCUT2D eigenvalue weighted by atomic mass is 10.1. The molecule has 3 nitrogen and oxygen atoms in total. The minimum atomic E-state index is -0.646. The van der Waals surface area contributed by atoms with Crippen molar-refractivity contribution in [3.05, 3.63) is 12.7 Å². The van der Waals surface area contributed by atoms with Crippen LogP contribution < -0.4 is 5.32 Å². The van der Waals surface area contributed by atoms with Crippen LogP contribution >= 0.6 is 0 Å². The van der Waals surface area contributed by atoms with Gasteiger partial charge in [-0.25, -0.2) is 0 Å². The van der Waals surface area contributed by atoms with Gasteiger partial charge in [-0.3, -0.25) is 4.79 Å². The second kappa shape index (κ2) is 5.04. The lowest BCUT2D eigenvalue weighted by Gasteiger charge is -2.16. The highest BCUT2D eigenvalue weighted by atomic mass is 16.3. The SMILES string of the molecule is C=CCN[C@H](C(C)=O)[C@@H](C)O. The number of aliphatic hydroxyl groups is 1. The smallest absolute Gasteiger partial charge is 0.149 e. The average molecular weight is 157 g/mol. The van der Waals surface area contributed by atoms with Gasteiger partial charge in [-0.05, 0) is 13.8 Å². The van der Waals surface area contributed by atoms with Crippen LogP contribution in [0, 0.1) is 0 Å². The summed E-state index contributed by atoms with van der Waals surface area (Å²) in [6.45, 7) is 7.07. The van der Waals surface area contributed by atoms with Crippen molar-refractivity contribution in [2.24, 2.45) is 0 Å². The van der Waals surface area contributed by atoms with Gasteiger partial charge in [0, 0.05) is 6.54 Å². The second-order valence-corrected chi connectivity index (χ2v) is 2.53. The van der Waals surface area contributed by atoms with Crippen molar-refractivity contribution >= 4 is 5.78 Å². The quantitative estimate of drug-likeness (QED) is 0.556. The van der Waals surface area contributed by atoms with Crippen LogP contribution in [0.4, 0.5) is 0 Å². The van der Waals surface area contributed by atoms with Gasteiger partial charge in [0.1, 0.15) is 5.78 Å². The molecule has 0 spiro atoms. The predicted octanol–water partition coefficient (Wildman–Crippen LogP) is 0.100. The third-order valence-electron chi connectivity index (χ3n) is 1.40. The van der Waals surface area contributed by atoms with Crippen LogP contribution in [-0.2, 0) is 4.79 Å². The Hall–Kier alpha value is -0.670. The van der Waals surface area contributed by atoms with Crippen LogP contribution in [0.25, 0.3) is 0 Å². The van der Waals surface area contributed by atoms with E-state index in [0.717, 1.165) is 0 Å². The normalized spacial score (nSPS) is 15.5. The Labute approximate surface area is 67.1 Å². The van der Waals surface area contributed by atoms with Crippen LogP contribution in [0.1, 0.15) is 13.8 Å². The fourth-order valence-corrected chi connectivity index (χ4v) is 0.864. The fourth-order valence-electron chi connectivity index (χ4n) is 0.864. The fraction of sp³-hybridized carbons (Fsp3) is 0.625. The highest BCUT2D eigenvalue weighted by molar-refractivity contribution is 5.82. The molecule has 0 unspecified atom stereocenters. The molecule has 3 heteroatoms. The summed E-state index contributed by atoms with van der Waals surface area (Å²) in [5, 5.41) is 11.9. The first-order chi connectivity index (χ1) is 5.09. The summed E-state index contributed by atoms with van der Waals surface area (Å²) in [6, 6.07) is -0.465. The van der Waals surface area contributed by atoms with Gasteiger partial charge in [0.15, 0.2) is 0 Å². The largest absolute Gasteiger partial charge is 0.391 e. The zero-order valence-electron chi connectivity index (χ0n) is 7.00. The molecule has 0 aliphatic rings. The number of carbonyl (C=O) groups excluding carboxylic acids is 1. The molecule has 2 N–H and O–H groups in total. The van der Waals surface area contributed by atoms with E-state index in [9.17, 15) is 4.79 Å². The van der Waals surface area contributed by atoms with E-state index >= 15 is 0 Å². The summed E-state index contributed by atoms with van der Waals surface area (Å²) in [7, 11) is 0. The molecule has 0 aliphatic carbocycles. The molecule has 0 aromatic carbocycles. The molecule has 0 amide bonds. The van der Waals surface area contributed by atoms with E-state index in [1.54, 1.807) is 13.0 Å². The Morgan fingerprint density at radius 2 is 2.36 bits per heavy atom. The van der Waals surface area contributed by atoms with Crippen LogP contribution in [-0.4, -0.2) is 29.6 Å². The van der Waals surface area contributed by atoms with Crippen molar-refractivity contribution in [3.8, 4) is 0 Å². The summed E-state index contributed by atoms with van der Waals surface area (Å²) in [4.78, 5) is 10.8. The van der Waals surface area contributed by atoms with Crippen molar-refractivity contribution in [1.82, 2.24) is 5.32 Å². The van der Waals surface area contributed by atoms with Crippen molar-refractivity contribution in [2.75, 3.05) is 6.54 Å². The maximum atomic E-state index is 10.8. The summed E-state index contributed by atoms with van der Waals surface area (Å²) in [6.07, 6.45) is 1.01. The van der Waals surface area contributed by atoms with Gasteiger partial charge in [0.2, 0.25) is 0 Å². The zero-order valence-corrected chi connectivity index (χ0v) is 7.00. The lowest BCUT2D eigenvalue weighted by molar-refractivity contribution is -0.121. The predicted molar refractivity (Wildman–Crippen MR) is 44.3 cm³/mol.